The van der Waals surface area contributed by atoms with Crippen molar-refractivity contribution >= 4 is 28.6 Å². The number of hydrogen-bond acceptors (Lipinski definition) is 4. The highest BCUT2D eigenvalue weighted by Gasteiger charge is 2.37. The number of thioether (sulfide) groups is 1. The number of halogens is 6. The number of benzene rings is 3. The van der Waals surface area contributed by atoms with Crippen LogP contribution in [-0.4, -0.2) is 35.3 Å². The molecule has 4 aromatic rings. The van der Waals surface area contributed by atoms with Gasteiger partial charge in [0.15, 0.2) is 0 Å². The van der Waals surface area contributed by atoms with Gasteiger partial charge in [-0.3, -0.25) is 9.59 Å². The molecule has 1 aliphatic rings. The molecule has 41 heavy (non-hydrogen) atoms. The molecule has 0 unspecified atom stereocenters. The lowest BCUT2D eigenvalue weighted by Crippen LogP contribution is -2.36. The van der Waals surface area contributed by atoms with Crippen molar-refractivity contribution in [1.82, 2.24) is 9.47 Å². The molecule has 5 nitrogen and oxygen atoms in total. The summed E-state index contributed by atoms with van der Waals surface area (Å²) in [5.41, 5.74) is -2.73. The molecule has 1 aliphatic heterocycles. The van der Waals surface area contributed by atoms with E-state index in [0.717, 1.165) is 9.80 Å². The number of hydrogen-bond donors (Lipinski definition) is 0. The van der Waals surface area contributed by atoms with Crippen molar-refractivity contribution in [3.05, 3.63) is 93.3 Å². The second-order valence-electron chi connectivity index (χ2n) is 9.51. The smallest absolute Gasteiger partial charge is 0.416 e. The molecule has 0 saturated heterocycles. The first-order valence-electron chi connectivity index (χ1n) is 12.3. The Bertz CT molecular complexity index is 1700. The number of aryl methyl sites for hydroxylation is 1. The van der Waals surface area contributed by atoms with Gasteiger partial charge >= 0.3 is 12.4 Å². The zero-order chi connectivity index (χ0) is 29.7. The number of para-hydroxylation sites is 1. The summed E-state index contributed by atoms with van der Waals surface area (Å²) in [7, 11) is 2.70. The summed E-state index contributed by atoms with van der Waals surface area (Å²) in [6.45, 7) is -0.279. The summed E-state index contributed by atoms with van der Waals surface area (Å²) in [6, 6.07) is 13.4. The molecule has 0 radical (unpaired) electrons. The Morgan fingerprint density at radius 1 is 0.976 bits per heavy atom. The molecule has 2 heterocycles. The van der Waals surface area contributed by atoms with Gasteiger partial charge in [-0.15, -0.1) is 11.8 Å². The Morgan fingerprint density at radius 2 is 1.63 bits per heavy atom. The lowest BCUT2D eigenvalue weighted by atomic mass is 9.94. The molecule has 0 N–H and O–H groups in total. The van der Waals surface area contributed by atoms with Crippen LogP contribution in [0.5, 0.6) is 5.75 Å². The number of nitrogens with zero attached hydrogens (tertiary/aromatic N) is 2. The lowest BCUT2D eigenvalue weighted by molar-refractivity contribution is -0.143. The molecule has 0 bridgehead atoms. The van der Waals surface area contributed by atoms with Crippen molar-refractivity contribution in [2.24, 2.45) is 0 Å². The number of methoxy groups -OCH3 is 1. The average molecular weight is 593 g/mol. The summed E-state index contributed by atoms with van der Waals surface area (Å²) in [6.07, 6.45) is -10.1. The predicted molar refractivity (Wildman–Crippen MR) is 143 cm³/mol. The second-order valence-corrected chi connectivity index (χ2v) is 10.7. The fourth-order valence-electron chi connectivity index (χ4n) is 4.98. The number of pyridine rings is 1. The molecule has 1 amide bonds. The minimum atomic E-state index is -5.03. The number of carbonyl (C=O) groups is 1. The van der Waals surface area contributed by atoms with Crippen LogP contribution in [0.3, 0.4) is 0 Å². The average Bonchev–Trinajstić information content (AvgIpc) is 2.93. The Morgan fingerprint density at radius 3 is 2.27 bits per heavy atom. The first kappa shape index (κ1) is 28.6. The summed E-state index contributed by atoms with van der Waals surface area (Å²) < 4.78 is 87.3. The number of aromatic nitrogens is 1. The second kappa shape index (κ2) is 10.5. The van der Waals surface area contributed by atoms with Gasteiger partial charge in [0, 0.05) is 41.7 Å². The van der Waals surface area contributed by atoms with Crippen molar-refractivity contribution in [2.45, 2.75) is 30.3 Å². The van der Waals surface area contributed by atoms with Gasteiger partial charge in [-0.2, -0.15) is 26.3 Å². The molecule has 3 aromatic carbocycles. The van der Waals surface area contributed by atoms with Crippen molar-refractivity contribution in [1.29, 1.82) is 0 Å². The molecule has 0 spiro atoms. The van der Waals surface area contributed by atoms with Crippen molar-refractivity contribution in [3.8, 4) is 16.9 Å². The van der Waals surface area contributed by atoms with Gasteiger partial charge in [0.05, 0.1) is 23.8 Å². The fraction of sp³-hybridized carbons (Fsp3) is 0.241. The van der Waals surface area contributed by atoms with E-state index in [2.05, 4.69) is 0 Å². The van der Waals surface area contributed by atoms with Crippen LogP contribution in [0.25, 0.3) is 22.0 Å². The third-order valence-electron chi connectivity index (χ3n) is 6.81. The number of carbonyl (C=O) groups excluding carboxylic acids is 1. The Kier molecular flexibility index (Phi) is 7.31. The van der Waals surface area contributed by atoms with Gasteiger partial charge in [-0.25, -0.2) is 0 Å². The highest BCUT2D eigenvalue weighted by Crippen LogP contribution is 2.39. The zero-order valence-electron chi connectivity index (χ0n) is 21.7. The summed E-state index contributed by atoms with van der Waals surface area (Å²) in [4.78, 5) is 29.6. The fourth-order valence-corrected chi connectivity index (χ4v) is 6.01. The Hall–Kier alpha value is -3.93. The lowest BCUT2D eigenvalue weighted by Gasteiger charge is -2.25. The number of ether oxygens (including phenoxy) is 1. The van der Waals surface area contributed by atoms with Crippen LogP contribution in [0.15, 0.2) is 70.4 Å². The third kappa shape index (κ3) is 5.40. The van der Waals surface area contributed by atoms with E-state index in [0.29, 0.717) is 52.2 Å². The van der Waals surface area contributed by atoms with Gasteiger partial charge in [0.2, 0.25) is 0 Å². The number of amides is 1. The maximum absolute atomic E-state index is 13.9. The van der Waals surface area contributed by atoms with Gasteiger partial charge < -0.3 is 14.2 Å². The van der Waals surface area contributed by atoms with E-state index < -0.39 is 41.5 Å². The first-order chi connectivity index (χ1) is 19.3. The monoisotopic (exact) mass is 592 g/mol. The molecule has 214 valence electrons. The first-order valence-corrected chi connectivity index (χ1v) is 13.3. The molecule has 0 saturated carbocycles. The van der Waals surface area contributed by atoms with E-state index >= 15 is 0 Å². The SMILES string of the molecule is COc1cccc(-c2c(C(=O)N(C)Cc3cc(C(F)(F)F)cc(C(F)(F)F)c3)c(=O)n3c4c(cccc24)SCC3)c1. The van der Waals surface area contributed by atoms with E-state index in [-0.39, 0.29) is 17.2 Å². The summed E-state index contributed by atoms with van der Waals surface area (Å²) in [5, 5.41) is 0.609. The Balaban J connectivity index is 1.68. The normalized spacial score (nSPS) is 13.4. The standard InChI is InChI=1S/C29H22F6N2O3S/c1-36(15-16-11-18(28(30,31)32)14-19(12-16)29(33,34)35)26(38)24-23(17-5-3-6-20(13-17)40-2)21-7-4-8-22-25(21)37(27(24)39)9-10-41-22/h3-8,11-14H,9-10,15H2,1-2H3. The van der Waals surface area contributed by atoms with E-state index in [4.69, 9.17) is 4.74 Å². The quantitative estimate of drug-likeness (QED) is 0.232. The molecule has 5 rings (SSSR count). The van der Waals surface area contributed by atoms with Crippen LogP contribution in [0.2, 0.25) is 0 Å². The van der Waals surface area contributed by atoms with Crippen LogP contribution in [0.1, 0.15) is 27.0 Å². The molecule has 12 heteroatoms. The van der Waals surface area contributed by atoms with Crippen LogP contribution in [0, 0.1) is 0 Å². The maximum Gasteiger partial charge on any atom is 0.416 e. The van der Waals surface area contributed by atoms with Crippen molar-refractivity contribution in [2.75, 3.05) is 19.9 Å². The number of alkyl halides is 6. The van der Waals surface area contributed by atoms with E-state index in [9.17, 15) is 35.9 Å². The largest absolute Gasteiger partial charge is 0.497 e. The van der Waals surface area contributed by atoms with Crippen LogP contribution < -0.4 is 10.3 Å². The van der Waals surface area contributed by atoms with Gasteiger partial charge in [0.1, 0.15) is 11.3 Å². The summed E-state index contributed by atoms with van der Waals surface area (Å²) in [5.74, 6) is 0.208. The highest BCUT2D eigenvalue weighted by atomic mass is 32.2. The molecular formula is C29H22F6N2O3S. The highest BCUT2D eigenvalue weighted by molar-refractivity contribution is 7.99. The summed E-state index contributed by atoms with van der Waals surface area (Å²) >= 11 is 1.57. The van der Waals surface area contributed by atoms with Crippen molar-refractivity contribution < 1.29 is 35.9 Å². The predicted octanol–water partition coefficient (Wildman–Crippen LogP) is 7.09. The van der Waals surface area contributed by atoms with E-state index in [1.807, 2.05) is 6.07 Å². The maximum atomic E-state index is 13.9. The third-order valence-corrected chi connectivity index (χ3v) is 7.83. The molecule has 1 aromatic heterocycles. The van der Waals surface area contributed by atoms with E-state index in [1.165, 1.54) is 18.7 Å². The molecule has 0 aliphatic carbocycles. The zero-order valence-corrected chi connectivity index (χ0v) is 22.5. The molecular weight excluding hydrogens is 570 g/mol. The minimum Gasteiger partial charge on any atom is -0.497 e. The van der Waals surface area contributed by atoms with E-state index in [1.54, 1.807) is 48.2 Å². The van der Waals surface area contributed by atoms with Gasteiger partial charge in [-0.05, 0) is 47.5 Å². The van der Waals surface area contributed by atoms with Crippen molar-refractivity contribution in [3.63, 3.8) is 0 Å². The van der Waals surface area contributed by atoms with Gasteiger partial charge in [-0.1, -0.05) is 24.3 Å². The van der Waals surface area contributed by atoms with Crippen LogP contribution in [-0.2, 0) is 25.4 Å². The number of rotatable bonds is 5. The van der Waals surface area contributed by atoms with Crippen LogP contribution in [0.4, 0.5) is 26.3 Å². The van der Waals surface area contributed by atoms with Gasteiger partial charge in [0.25, 0.3) is 11.5 Å². The topological polar surface area (TPSA) is 51.5 Å². The Labute approximate surface area is 234 Å². The minimum absolute atomic E-state index is 0.0300. The van der Waals surface area contributed by atoms with Crippen LogP contribution >= 0.6 is 11.8 Å². The molecule has 0 atom stereocenters. The molecule has 0 fully saturated rings.